The van der Waals surface area contributed by atoms with Gasteiger partial charge in [0.05, 0.1) is 0 Å². The van der Waals surface area contributed by atoms with Crippen LogP contribution in [0.25, 0.3) is 0 Å². The van der Waals surface area contributed by atoms with Crippen LogP contribution in [0, 0.1) is 0 Å². The normalized spacial score (nSPS) is 15.5. The third kappa shape index (κ3) is 5.40. The summed E-state index contributed by atoms with van der Waals surface area (Å²) in [7, 11) is 2.15. The lowest BCUT2D eigenvalue weighted by molar-refractivity contribution is 0.0914. The summed E-state index contributed by atoms with van der Waals surface area (Å²) in [6, 6.07) is 9.84. The quantitative estimate of drug-likeness (QED) is 0.864. The van der Waals surface area contributed by atoms with Crippen molar-refractivity contribution in [3.05, 3.63) is 42.2 Å². The summed E-state index contributed by atoms with van der Waals surface area (Å²) in [4.78, 5) is 25.5. The van der Waals surface area contributed by atoms with Gasteiger partial charge in [0.25, 0.3) is 5.91 Å². The molecule has 1 saturated heterocycles. The number of rotatable bonds is 4. The third-order valence-corrected chi connectivity index (χ3v) is 4.37. The van der Waals surface area contributed by atoms with E-state index in [1.165, 1.54) is 5.69 Å². The predicted octanol–water partition coefficient (Wildman–Crippen LogP) is 2.50. The standard InChI is InChI=1S/C20H28N6O/c1-20(2,3)24-18(27)17-9-10-21-19(23-17)22-15-5-7-16(8-6-15)26-13-11-25(4)12-14-26/h5-10H,11-14H2,1-4H3,(H,24,27)(H,21,22,23). The lowest BCUT2D eigenvalue weighted by Gasteiger charge is -2.34. The summed E-state index contributed by atoms with van der Waals surface area (Å²) in [5.74, 6) is 0.197. The minimum absolute atomic E-state index is 0.210. The van der Waals surface area contributed by atoms with E-state index in [0.717, 1.165) is 31.9 Å². The van der Waals surface area contributed by atoms with Crippen molar-refractivity contribution >= 4 is 23.2 Å². The number of nitrogens with zero attached hydrogens (tertiary/aromatic N) is 4. The van der Waals surface area contributed by atoms with Gasteiger partial charge >= 0.3 is 0 Å². The molecule has 1 aliphatic rings. The number of carbonyl (C=O) groups is 1. The number of amides is 1. The molecule has 0 atom stereocenters. The number of piperazine rings is 1. The van der Waals surface area contributed by atoms with Crippen LogP contribution in [-0.4, -0.2) is 59.5 Å². The smallest absolute Gasteiger partial charge is 0.270 e. The molecule has 0 radical (unpaired) electrons. The topological polar surface area (TPSA) is 73.4 Å². The van der Waals surface area contributed by atoms with E-state index in [2.05, 4.69) is 49.6 Å². The summed E-state index contributed by atoms with van der Waals surface area (Å²) < 4.78 is 0. The molecule has 1 aliphatic heterocycles. The second-order valence-electron chi connectivity index (χ2n) is 7.93. The van der Waals surface area contributed by atoms with Gasteiger partial charge in [-0.15, -0.1) is 0 Å². The predicted molar refractivity (Wildman–Crippen MR) is 109 cm³/mol. The molecule has 1 fully saturated rings. The van der Waals surface area contributed by atoms with E-state index in [-0.39, 0.29) is 11.4 Å². The number of hydrogen-bond acceptors (Lipinski definition) is 6. The van der Waals surface area contributed by atoms with Crippen LogP contribution >= 0.6 is 0 Å². The monoisotopic (exact) mass is 368 g/mol. The lowest BCUT2D eigenvalue weighted by atomic mass is 10.1. The lowest BCUT2D eigenvalue weighted by Crippen LogP contribution is -2.44. The zero-order valence-corrected chi connectivity index (χ0v) is 16.5. The Balaban J connectivity index is 1.65. The highest BCUT2D eigenvalue weighted by atomic mass is 16.2. The molecule has 2 heterocycles. The van der Waals surface area contributed by atoms with Gasteiger partial charge < -0.3 is 20.4 Å². The number of carbonyl (C=O) groups excluding carboxylic acids is 1. The van der Waals surface area contributed by atoms with Gasteiger partial charge in [0.1, 0.15) is 5.69 Å². The molecule has 1 amide bonds. The van der Waals surface area contributed by atoms with Crippen LogP contribution in [-0.2, 0) is 0 Å². The maximum Gasteiger partial charge on any atom is 0.270 e. The van der Waals surface area contributed by atoms with E-state index in [1.54, 1.807) is 12.3 Å². The molecule has 0 spiro atoms. The summed E-state index contributed by atoms with van der Waals surface area (Å²) in [6.45, 7) is 10.1. The van der Waals surface area contributed by atoms with E-state index in [1.807, 2.05) is 32.9 Å². The van der Waals surface area contributed by atoms with Gasteiger partial charge in [-0.05, 0) is 58.2 Å². The molecular formula is C20H28N6O. The molecule has 0 bridgehead atoms. The van der Waals surface area contributed by atoms with Gasteiger partial charge in [-0.2, -0.15) is 0 Å². The summed E-state index contributed by atoms with van der Waals surface area (Å²) in [5.41, 5.74) is 2.14. The average Bonchev–Trinajstić information content (AvgIpc) is 2.62. The second kappa shape index (κ2) is 7.92. The van der Waals surface area contributed by atoms with Crippen LogP contribution in [0.15, 0.2) is 36.5 Å². The van der Waals surface area contributed by atoms with Gasteiger partial charge in [-0.1, -0.05) is 0 Å². The molecule has 3 rings (SSSR count). The first-order chi connectivity index (χ1) is 12.8. The van der Waals surface area contributed by atoms with Crippen molar-refractivity contribution in [3.63, 3.8) is 0 Å². The summed E-state index contributed by atoms with van der Waals surface area (Å²) >= 11 is 0. The van der Waals surface area contributed by atoms with Gasteiger partial charge in [0, 0.05) is 49.3 Å². The third-order valence-electron chi connectivity index (χ3n) is 4.37. The van der Waals surface area contributed by atoms with Crippen LogP contribution in [0.1, 0.15) is 31.3 Å². The molecule has 0 saturated carbocycles. The molecule has 1 aromatic carbocycles. The molecule has 144 valence electrons. The second-order valence-corrected chi connectivity index (χ2v) is 7.93. The molecule has 1 aromatic heterocycles. The van der Waals surface area contributed by atoms with Crippen LogP contribution < -0.4 is 15.5 Å². The van der Waals surface area contributed by atoms with Crippen LogP contribution in [0.5, 0.6) is 0 Å². The fraction of sp³-hybridized carbons (Fsp3) is 0.450. The Hall–Kier alpha value is -2.67. The fourth-order valence-corrected chi connectivity index (χ4v) is 2.90. The van der Waals surface area contributed by atoms with E-state index in [4.69, 9.17) is 0 Å². The molecule has 2 aromatic rings. The largest absolute Gasteiger partial charge is 0.369 e. The van der Waals surface area contributed by atoms with Crippen molar-refractivity contribution in [3.8, 4) is 0 Å². The van der Waals surface area contributed by atoms with Crippen LogP contribution in [0.3, 0.4) is 0 Å². The Kier molecular flexibility index (Phi) is 5.60. The highest BCUT2D eigenvalue weighted by Crippen LogP contribution is 2.21. The number of nitrogens with one attached hydrogen (secondary N) is 2. The molecular weight excluding hydrogens is 340 g/mol. The number of aromatic nitrogens is 2. The Bertz CT molecular complexity index is 776. The maximum atomic E-state index is 12.3. The number of benzene rings is 1. The van der Waals surface area contributed by atoms with E-state index in [9.17, 15) is 4.79 Å². The maximum absolute atomic E-state index is 12.3. The Morgan fingerprint density at radius 2 is 1.70 bits per heavy atom. The first kappa shape index (κ1) is 19.1. The zero-order chi connectivity index (χ0) is 19.4. The molecule has 7 heteroatoms. The number of hydrogen-bond donors (Lipinski definition) is 2. The first-order valence-corrected chi connectivity index (χ1v) is 9.26. The van der Waals surface area contributed by atoms with E-state index in [0.29, 0.717) is 11.6 Å². The average molecular weight is 368 g/mol. The van der Waals surface area contributed by atoms with Crippen molar-refractivity contribution in [2.24, 2.45) is 0 Å². The minimum Gasteiger partial charge on any atom is -0.369 e. The first-order valence-electron chi connectivity index (χ1n) is 9.26. The van der Waals surface area contributed by atoms with Gasteiger partial charge in [-0.3, -0.25) is 4.79 Å². The van der Waals surface area contributed by atoms with Crippen LogP contribution in [0.2, 0.25) is 0 Å². The Labute approximate surface area is 160 Å². The minimum atomic E-state index is -0.311. The van der Waals surface area contributed by atoms with E-state index >= 15 is 0 Å². The van der Waals surface area contributed by atoms with E-state index < -0.39 is 0 Å². The Morgan fingerprint density at radius 1 is 1.04 bits per heavy atom. The van der Waals surface area contributed by atoms with Crippen LogP contribution in [0.4, 0.5) is 17.3 Å². The SMILES string of the molecule is CN1CCN(c2ccc(Nc3nccc(C(=O)NC(C)(C)C)n3)cc2)CC1. The van der Waals surface area contributed by atoms with Gasteiger partial charge in [-0.25, -0.2) is 9.97 Å². The molecule has 2 N–H and O–H groups in total. The number of likely N-dealkylation sites (N-methyl/N-ethyl adjacent to an activating group) is 1. The molecule has 0 unspecified atom stereocenters. The summed E-state index contributed by atoms with van der Waals surface area (Å²) in [6.07, 6.45) is 1.59. The highest BCUT2D eigenvalue weighted by Gasteiger charge is 2.17. The highest BCUT2D eigenvalue weighted by molar-refractivity contribution is 5.92. The van der Waals surface area contributed by atoms with Crippen molar-refractivity contribution in [2.75, 3.05) is 43.4 Å². The van der Waals surface area contributed by atoms with Crippen molar-refractivity contribution in [2.45, 2.75) is 26.3 Å². The van der Waals surface area contributed by atoms with Gasteiger partial charge in [0.15, 0.2) is 0 Å². The molecule has 27 heavy (non-hydrogen) atoms. The summed E-state index contributed by atoms with van der Waals surface area (Å²) in [5, 5.41) is 6.08. The zero-order valence-electron chi connectivity index (χ0n) is 16.5. The fourth-order valence-electron chi connectivity index (χ4n) is 2.90. The Morgan fingerprint density at radius 3 is 2.33 bits per heavy atom. The van der Waals surface area contributed by atoms with Crippen molar-refractivity contribution in [1.82, 2.24) is 20.2 Å². The molecule has 7 nitrogen and oxygen atoms in total. The molecule has 0 aliphatic carbocycles. The van der Waals surface area contributed by atoms with Gasteiger partial charge in [0.2, 0.25) is 5.95 Å². The van der Waals surface area contributed by atoms with Crippen molar-refractivity contribution in [1.29, 1.82) is 0 Å². The number of anilines is 3. The van der Waals surface area contributed by atoms with Crippen molar-refractivity contribution < 1.29 is 4.79 Å².